The quantitative estimate of drug-likeness (QED) is 0.823. The van der Waals surface area contributed by atoms with Crippen molar-refractivity contribution in [2.24, 2.45) is 0 Å². The molecule has 1 fully saturated rings. The van der Waals surface area contributed by atoms with Crippen LogP contribution in [0.15, 0.2) is 24.3 Å². The second kappa shape index (κ2) is 4.93. The number of rotatable bonds is 2. The molecule has 1 saturated heterocycles. The van der Waals surface area contributed by atoms with E-state index in [1.54, 1.807) is 12.1 Å². The van der Waals surface area contributed by atoms with Crippen molar-refractivity contribution < 1.29 is 4.39 Å². The van der Waals surface area contributed by atoms with Crippen LogP contribution in [0.5, 0.6) is 0 Å². The molecule has 1 N–H and O–H groups in total. The van der Waals surface area contributed by atoms with Gasteiger partial charge in [-0.15, -0.1) is 0 Å². The first kappa shape index (κ1) is 11.6. The minimum atomic E-state index is -0.145. The Morgan fingerprint density at radius 2 is 2.25 bits per heavy atom. The third-order valence-corrected chi connectivity index (χ3v) is 3.44. The van der Waals surface area contributed by atoms with E-state index in [1.165, 1.54) is 6.07 Å². The summed E-state index contributed by atoms with van der Waals surface area (Å²) in [6.07, 6.45) is 0. The number of piperazine rings is 1. The van der Waals surface area contributed by atoms with E-state index in [9.17, 15) is 4.39 Å². The third-order valence-electron chi connectivity index (χ3n) is 3.44. The molecule has 0 aromatic heterocycles. The second-order valence-electron chi connectivity index (χ2n) is 4.58. The van der Waals surface area contributed by atoms with Crippen LogP contribution in [-0.2, 0) is 6.54 Å². The summed E-state index contributed by atoms with van der Waals surface area (Å²) in [6, 6.07) is 7.88. The van der Waals surface area contributed by atoms with Gasteiger partial charge >= 0.3 is 0 Å². The Balaban J connectivity index is 2.03. The molecule has 2 unspecified atom stereocenters. The van der Waals surface area contributed by atoms with Gasteiger partial charge in [-0.1, -0.05) is 12.1 Å². The predicted molar refractivity (Wildman–Crippen MR) is 63.7 cm³/mol. The van der Waals surface area contributed by atoms with Gasteiger partial charge in [0.1, 0.15) is 5.82 Å². The topological polar surface area (TPSA) is 15.3 Å². The van der Waals surface area contributed by atoms with Gasteiger partial charge in [0.25, 0.3) is 0 Å². The highest BCUT2D eigenvalue weighted by Crippen LogP contribution is 2.14. The number of nitrogens with one attached hydrogen (secondary N) is 1. The normalized spacial score (nSPS) is 26.9. The lowest BCUT2D eigenvalue weighted by Crippen LogP contribution is -2.54. The van der Waals surface area contributed by atoms with Gasteiger partial charge in [0.05, 0.1) is 0 Å². The minimum absolute atomic E-state index is 0.145. The van der Waals surface area contributed by atoms with Crippen molar-refractivity contribution in [3.05, 3.63) is 35.6 Å². The first-order valence-electron chi connectivity index (χ1n) is 5.88. The molecule has 1 aliphatic heterocycles. The number of nitrogens with zero attached hydrogens (tertiary/aromatic N) is 1. The number of hydrogen-bond acceptors (Lipinski definition) is 2. The molecule has 3 heteroatoms. The zero-order chi connectivity index (χ0) is 11.5. The van der Waals surface area contributed by atoms with E-state index in [-0.39, 0.29) is 5.82 Å². The van der Waals surface area contributed by atoms with Gasteiger partial charge < -0.3 is 5.32 Å². The maximum Gasteiger partial charge on any atom is 0.123 e. The zero-order valence-corrected chi connectivity index (χ0v) is 9.91. The highest BCUT2D eigenvalue weighted by atomic mass is 19.1. The molecule has 1 aromatic rings. The first-order valence-corrected chi connectivity index (χ1v) is 5.88. The molecule has 2 rings (SSSR count). The van der Waals surface area contributed by atoms with Crippen molar-refractivity contribution in [1.29, 1.82) is 0 Å². The third kappa shape index (κ3) is 2.60. The lowest BCUT2D eigenvalue weighted by Gasteiger charge is -2.38. The zero-order valence-electron chi connectivity index (χ0n) is 9.91. The summed E-state index contributed by atoms with van der Waals surface area (Å²) in [5.74, 6) is -0.145. The van der Waals surface area contributed by atoms with Crippen LogP contribution in [0.2, 0.25) is 0 Å². The molecule has 0 bridgehead atoms. The van der Waals surface area contributed by atoms with Crippen molar-refractivity contribution in [3.63, 3.8) is 0 Å². The molecule has 0 spiro atoms. The van der Waals surface area contributed by atoms with E-state index >= 15 is 0 Å². The molecule has 0 aliphatic carbocycles. The van der Waals surface area contributed by atoms with E-state index in [2.05, 4.69) is 24.1 Å². The first-order chi connectivity index (χ1) is 7.66. The van der Waals surface area contributed by atoms with Crippen LogP contribution >= 0.6 is 0 Å². The second-order valence-corrected chi connectivity index (χ2v) is 4.58. The van der Waals surface area contributed by atoms with Crippen molar-refractivity contribution >= 4 is 0 Å². The highest BCUT2D eigenvalue weighted by molar-refractivity contribution is 5.16. The van der Waals surface area contributed by atoms with Gasteiger partial charge in [0.15, 0.2) is 0 Å². The molecule has 0 amide bonds. The van der Waals surface area contributed by atoms with Crippen LogP contribution in [-0.4, -0.2) is 30.1 Å². The summed E-state index contributed by atoms with van der Waals surface area (Å²) in [4.78, 5) is 2.40. The van der Waals surface area contributed by atoms with Crippen molar-refractivity contribution in [3.8, 4) is 0 Å². The molecule has 1 aromatic carbocycles. The van der Waals surface area contributed by atoms with Gasteiger partial charge in [-0.05, 0) is 31.5 Å². The van der Waals surface area contributed by atoms with E-state index in [1.807, 2.05) is 6.07 Å². The van der Waals surface area contributed by atoms with E-state index in [4.69, 9.17) is 0 Å². The largest absolute Gasteiger partial charge is 0.311 e. The molecule has 1 aliphatic rings. The summed E-state index contributed by atoms with van der Waals surface area (Å²) >= 11 is 0. The average molecular weight is 222 g/mol. The van der Waals surface area contributed by atoms with E-state index in [0.29, 0.717) is 12.1 Å². The SMILES string of the molecule is CC1NCCN(Cc2cccc(F)c2)C1C. The summed E-state index contributed by atoms with van der Waals surface area (Å²) in [5.41, 5.74) is 1.06. The van der Waals surface area contributed by atoms with Crippen LogP contribution in [0.3, 0.4) is 0 Å². The Morgan fingerprint density at radius 1 is 1.44 bits per heavy atom. The smallest absolute Gasteiger partial charge is 0.123 e. The molecule has 1 heterocycles. The summed E-state index contributed by atoms with van der Waals surface area (Å²) in [6.45, 7) is 7.30. The maximum atomic E-state index is 13.1. The predicted octanol–water partition coefficient (Wildman–Crippen LogP) is 2.01. The lowest BCUT2D eigenvalue weighted by molar-refractivity contribution is 0.130. The fourth-order valence-electron chi connectivity index (χ4n) is 2.22. The standard InChI is InChI=1S/C13H19FN2/c1-10-11(2)16(7-6-15-10)9-12-4-3-5-13(14)8-12/h3-5,8,10-11,15H,6-7,9H2,1-2H3. The number of benzene rings is 1. The molecule has 0 saturated carbocycles. The van der Waals surface area contributed by atoms with Gasteiger partial charge in [-0.2, -0.15) is 0 Å². The van der Waals surface area contributed by atoms with Gasteiger partial charge in [0.2, 0.25) is 0 Å². The minimum Gasteiger partial charge on any atom is -0.311 e. The maximum absolute atomic E-state index is 13.1. The Kier molecular flexibility index (Phi) is 3.56. The highest BCUT2D eigenvalue weighted by Gasteiger charge is 2.23. The van der Waals surface area contributed by atoms with Crippen LogP contribution in [0, 0.1) is 5.82 Å². The van der Waals surface area contributed by atoms with Crippen LogP contribution in [0.1, 0.15) is 19.4 Å². The average Bonchev–Trinajstić information content (AvgIpc) is 2.25. The monoisotopic (exact) mass is 222 g/mol. The van der Waals surface area contributed by atoms with Crippen LogP contribution in [0.25, 0.3) is 0 Å². The number of halogens is 1. The molecular weight excluding hydrogens is 203 g/mol. The lowest BCUT2D eigenvalue weighted by atomic mass is 10.1. The van der Waals surface area contributed by atoms with Crippen LogP contribution < -0.4 is 5.32 Å². The fraction of sp³-hybridized carbons (Fsp3) is 0.538. The van der Waals surface area contributed by atoms with E-state index in [0.717, 1.165) is 25.2 Å². The van der Waals surface area contributed by atoms with Gasteiger partial charge in [-0.25, -0.2) is 4.39 Å². The summed E-state index contributed by atoms with van der Waals surface area (Å²) in [7, 11) is 0. The van der Waals surface area contributed by atoms with Crippen LogP contribution in [0.4, 0.5) is 4.39 Å². The fourth-order valence-corrected chi connectivity index (χ4v) is 2.22. The molecular formula is C13H19FN2. The molecule has 0 radical (unpaired) electrons. The molecule has 2 nitrogen and oxygen atoms in total. The van der Waals surface area contributed by atoms with Gasteiger partial charge in [-0.3, -0.25) is 4.90 Å². The number of hydrogen-bond donors (Lipinski definition) is 1. The molecule has 88 valence electrons. The Morgan fingerprint density at radius 3 is 3.00 bits per heavy atom. The van der Waals surface area contributed by atoms with Gasteiger partial charge in [0, 0.05) is 31.7 Å². The Labute approximate surface area is 96.5 Å². The molecule has 16 heavy (non-hydrogen) atoms. The Hall–Kier alpha value is -0.930. The summed E-state index contributed by atoms with van der Waals surface area (Å²) in [5, 5.41) is 3.44. The van der Waals surface area contributed by atoms with Crippen molar-refractivity contribution in [1.82, 2.24) is 10.2 Å². The van der Waals surface area contributed by atoms with Crippen molar-refractivity contribution in [2.45, 2.75) is 32.5 Å². The molecule has 2 atom stereocenters. The van der Waals surface area contributed by atoms with E-state index < -0.39 is 0 Å². The Bertz CT molecular complexity index is 354. The van der Waals surface area contributed by atoms with Crippen molar-refractivity contribution in [2.75, 3.05) is 13.1 Å². The summed E-state index contributed by atoms with van der Waals surface area (Å²) < 4.78 is 13.1.